The molecule has 0 saturated carbocycles. The SMILES string of the molecule is CCCc1c2c(c(OCC)c3c(=O)cc(C(=O)[O-])oc13)CCCC2.[Na+]. The second-order valence-corrected chi connectivity index (χ2v) is 6.12. The molecule has 1 aliphatic rings. The van der Waals surface area contributed by atoms with Crippen LogP contribution in [0.5, 0.6) is 5.75 Å². The van der Waals surface area contributed by atoms with Crippen LogP contribution in [0.25, 0.3) is 11.0 Å². The smallest absolute Gasteiger partial charge is 0.542 e. The molecule has 128 valence electrons. The monoisotopic (exact) mass is 352 g/mol. The van der Waals surface area contributed by atoms with Crippen molar-refractivity contribution in [3.63, 3.8) is 0 Å². The number of aromatic carboxylic acids is 1. The standard InChI is InChI=1S/C19H22O5.Na/c1-3-7-12-11-8-5-6-9-13(11)17(23-4-2)16-14(20)10-15(19(21)22)24-18(12)16;/h10H,3-9H2,1-2H3,(H,21,22);/q;+1/p-1. The number of aryl methyl sites for hydroxylation is 1. The molecule has 6 heteroatoms. The Labute approximate surface area is 168 Å². The largest absolute Gasteiger partial charge is 1.00 e. The van der Waals surface area contributed by atoms with Crippen LogP contribution < -0.4 is 44.8 Å². The van der Waals surface area contributed by atoms with Crippen molar-refractivity contribution in [2.24, 2.45) is 0 Å². The number of benzene rings is 1. The van der Waals surface area contributed by atoms with E-state index in [1.54, 1.807) is 0 Å². The fourth-order valence-electron chi connectivity index (χ4n) is 3.62. The van der Waals surface area contributed by atoms with Crippen molar-refractivity contribution < 1.29 is 48.6 Å². The molecule has 1 aromatic heterocycles. The zero-order valence-corrected chi connectivity index (χ0v) is 17.1. The number of carbonyl (C=O) groups excluding carboxylic acids is 1. The fourth-order valence-corrected chi connectivity index (χ4v) is 3.62. The Balaban J connectivity index is 0.00000225. The number of hydrogen-bond acceptors (Lipinski definition) is 5. The van der Waals surface area contributed by atoms with Gasteiger partial charge in [0.15, 0.2) is 11.2 Å². The Hall–Kier alpha value is -1.30. The van der Waals surface area contributed by atoms with Crippen molar-refractivity contribution in [3.05, 3.63) is 38.7 Å². The molecular weight excluding hydrogens is 331 g/mol. The molecule has 0 fully saturated rings. The van der Waals surface area contributed by atoms with Gasteiger partial charge in [-0.1, -0.05) is 13.3 Å². The summed E-state index contributed by atoms with van der Waals surface area (Å²) in [5.74, 6) is -1.34. The van der Waals surface area contributed by atoms with Crippen LogP contribution in [-0.4, -0.2) is 12.6 Å². The van der Waals surface area contributed by atoms with Gasteiger partial charge < -0.3 is 19.1 Å². The molecule has 0 saturated heterocycles. The third kappa shape index (κ3) is 3.64. The fraction of sp³-hybridized carbons (Fsp3) is 0.474. The Bertz CT molecular complexity index is 853. The van der Waals surface area contributed by atoms with E-state index in [0.29, 0.717) is 23.3 Å². The molecule has 0 atom stereocenters. The Morgan fingerprint density at radius 2 is 1.92 bits per heavy atom. The third-order valence-electron chi connectivity index (χ3n) is 4.54. The zero-order valence-electron chi connectivity index (χ0n) is 15.1. The van der Waals surface area contributed by atoms with Crippen molar-refractivity contribution in [1.82, 2.24) is 0 Å². The van der Waals surface area contributed by atoms with E-state index in [1.807, 2.05) is 6.92 Å². The van der Waals surface area contributed by atoms with Gasteiger partial charge in [-0.3, -0.25) is 4.79 Å². The second kappa shape index (κ2) is 8.39. The minimum Gasteiger partial charge on any atom is -0.542 e. The van der Waals surface area contributed by atoms with E-state index in [2.05, 4.69) is 6.92 Å². The quantitative estimate of drug-likeness (QED) is 0.671. The number of fused-ring (bicyclic) bond motifs is 2. The number of carboxylic acid groups (broad SMARTS) is 1. The van der Waals surface area contributed by atoms with Gasteiger partial charge in [-0.2, -0.15) is 0 Å². The van der Waals surface area contributed by atoms with Crippen molar-refractivity contribution in [1.29, 1.82) is 0 Å². The van der Waals surface area contributed by atoms with E-state index < -0.39 is 11.7 Å². The van der Waals surface area contributed by atoms with Crippen molar-refractivity contribution >= 4 is 16.9 Å². The summed E-state index contributed by atoms with van der Waals surface area (Å²) in [6.07, 6.45) is 5.54. The van der Waals surface area contributed by atoms with Gasteiger partial charge in [0.2, 0.25) is 0 Å². The van der Waals surface area contributed by atoms with Gasteiger partial charge in [0, 0.05) is 6.07 Å². The average Bonchev–Trinajstić information content (AvgIpc) is 2.57. The van der Waals surface area contributed by atoms with Gasteiger partial charge in [-0.05, 0) is 55.7 Å². The molecule has 0 radical (unpaired) electrons. The summed E-state index contributed by atoms with van der Waals surface area (Å²) in [6, 6.07) is 0.991. The number of ether oxygens (including phenoxy) is 1. The first-order valence-electron chi connectivity index (χ1n) is 8.57. The molecule has 2 aromatic rings. The molecule has 0 N–H and O–H groups in total. The molecular formula is C19H21NaO5. The van der Waals surface area contributed by atoms with E-state index in [9.17, 15) is 14.7 Å². The van der Waals surface area contributed by atoms with Gasteiger partial charge in [0.1, 0.15) is 22.7 Å². The zero-order chi connectivity index (χ0) is 17.3. The van der Waals surface area contributed by atoms with E-state index >= 15 is 0 Å². The average molecular weight is 352 g/mol. The first-order valence-corrected chi connectivity index (χ1v) is 8.57. The van der Waals surface area contributed by atoms with Crippen molar-refractivity contribution in [2.45, 2.75) is 52.4 Å². The van der Waals surface area contributed by atoms with E-state index in [1.165, 1.54) is 0 Å². The van der Waals surface area contributed by atoms with Crippen LogP contribution in [0.1, 0.15) is 60.4 Å². The van der Waals surface area contributed by atoms with Crippen molar-refractivity contribution in [3.8, 4) is 5.75 Å². The van der Waals surface area contributed by atoms with Gasteiger partial charge in [0.25, 0.3) is 0 Å². The number of hydrogen-bond donors (Lipinski definition) is 0. The van der Waals surface area contributed by atoms with Gasteiger partial charge in [-0.25, -0.2) is 0 Å². The summed E-state index contributed by atoms with van der Waals surface area (Å²) in [5.41, 5.74) is 3.17. The van der Waals surface area contributed by atoms with E-state index in [0.717, 1.165) is 61.3 Å². The maximum atomic E-state index is 12.6. The third-order valence-corrected chi connectivity index (χ3v) is 4.54. The molecule has 0 spiro atoms. The summed E-state index contributed by atoms with van der Waals surface area (Å²) in [7, 11) is 0. The van der Waals surface area contributed by atoms with E-state index in [4.69, 9.17) is 9.15 Å². The van der Waals surface area contributed by atoms with Crippen LogP contribution in [0.3, 0.4) is 0 Å². The summed E-state index contributed by atoms with van der Waals surface area (Å²) in [6.45, 7) is 4.37. The predicted molar refractivity (Wildman–Crippen MR) is 88.6 cm³/mol. The number of carbonyl (C=O) groups is 1. The van der Waals surface area contributed by atoms with Crippen LogP contribution in [0.15, 0.2) is 15.3 Å². The Morgan fingerprint density at radius 3 is 2.52 bits per heavy atom. The maximum absolute atomic E-state index is 12.6. The van der Waals surface area contributed by atoms with Crippen LogP contribution in [0.2, 0.25) is 0 Å². The summed E-state index contributed by atoms with van der Waals surface area (Å²) >= 11 is 0. The second-order valence-electron chi connectivity index (χ2n) is 6.12. The minimum atomic E-state index is -1.48. The number of carboxylic acids is 1. The molecule has 1 heterocycles. The first kappa shape index (κ1) is 20.0. The Morgan fingerprint density at radius 1 is 1.24 bits per heavy atom. The van der Waals surface area contributed by atoms with E-state index in [-0.39, 0.29) is 35.0 Å². The molecule has 0 aliphatic heterocycles. The Kier molecular flexibility index (Phi) is 6.72. The maximum Gasteiger partial charge on any atom is 1.00 e. The molecule has 3 rings (SSSR count). The number of rotatable bonds is 5. The minimum absolute atomic E-state index is 0. The van der Waals surface area contributed by atoms with Gasteiger partial charge >= 0.3 is 29.6 Å². The summed E-state index contributed by atoms with van der Waals surface area (Å²) < 4.78 is 11.4. The van der Waals surface area contributed by atoms with Crippen molar-refractivity contribution in [2.75, 3.05) is 6.61 Å². The topological polar surface area (TPSA) is 79.6 Å². The first-order chi connectivity index (χ1) is 11.6. The molecule has 1 aliphatic carbocycles. The molecule has 0 amide bonds. The van der Waals surface area contributed by atoms with Crippen LogP contribution in [-0.2, 0) is 19.3 Å². The van der Waals surface area contributed by atoms with Gasteiger partial charge in [-0.15, -0.1) is 0 Å². The summed E-state index contributed by atoms with van der Waals surface area (Å²) in [4.78, 5) is 23.8. The molecule has 0 unspecified atom stereocenters. The van der Waals surface area contributed by atoms with Crippen LogP contribution in [0.4, 0.5) is 0 Å². The predicted octanol–water partition coefficient (Wildman–Crippen LogP) is -0.609. The van der Waals surface area contributed by atoms with Gasteiger partial charge in [0.05, 0.1) is 6.61 Å². The molecule has 0 bridgehead atoms. The summed E-state index contributed by atoms with van der Waals surface area (Å²) in [5, 5.41) is 11.6. The van der Waals surface area contributed by atoms with Crippen LogP contribution >= 0.6 is 0 Å². The molecule has 5 nitrogen and oxygen atoms in total. The normalized spacial score (nSPS) is 13.2. The molecule has 1 aromatic carbocycles. The van der Waals surface area contributed by atoms with Crippen LogP contribution in [0, 0.1) is 0 Å². The molecule has 25 heavy (non-hydrogen) atoms.